The predicted octanol–water partition coefficient (Wildman–Crippen LogP) is 2.31. The molecule has 0 radical (unpaired) electrons. The molecule has 2 fully saturated rings. The molecule has 2 aromatic carbocycles. The third-order valence-corrected chi connectivity index (χ3v) is 7.03. The third-order valence-electron chi connectivity index (χ3n) is 7.03. The van der Waals surface area contributed by atoms with E-state index in [0.717, 1.165) is 35.7 Å². The molecule has 5 rings (SSSR count). The Hall–Kier alpha value is -3.65. The molecule has 3 aromatic rings. The fourth-order valence-electron chi connectivity index (χ4n) is 5.20. The van der Waals surface area contributed by atoms with Crippen LogP contribution < -0.4 is 10.2 Å². The van der Waals surface area contributed by atoms with E-state index in [2.05, 4.69) is 22.3 Å². The van der Waals surface area contributed by atoms with Gasteiger partial charge in [0.15, 0.2) is 0 Å². The Morgan fingerprint density at radius 2 is 1.54 bits per heavy atom. The van der Waals surface area contributed by atoms with Crippen molar-refractivity contribution in [3.63, 3.8) is 0 Å². The molecule has 0 spiro atoms. The van der Waals surface area contributed by atoms with Gasteiger partial charge in [-0.15, -0.1) is 0 Å². The molecular weight excluding hydrogens is 440 g/mol. The van der Waals surface area contributed by atoms with Crippen LogP contribution in [0.3, 0.4) is 0 Å². The number of anilines is 1. The molecule has 2 aliphatic rings. The van der Waals surface area contributed by atoms with Crippen molar-refractivity contribution in [1.29, 1.82) is 0 Å². The van der Waals surface area contributed by atoms with Crippen molar-refractivity contribution in [2.75, 3.05) is 50.7 Å². The number of amides is 2. The summed E-state index contributed by atoms with van der Waals surface area (Å²) in [6.07, 6.45) is 0. The summed E-state index contributed by atoms with van der Waals surface area (Å²) >= 11 is 0. The van der Waals surface area contributed by atoms with Crippen molar-refractivity contribution >= 4 is 17.5 Å². The van der Waals surface area contributed by atoms with Crippen LogP contribution in [0.5, 0.6) is 0 Å². The molecule has 0 bridgehead atoms. The Balaban J connectivity index is 1.32. The maximum absolute atomic E-state index is 13.3. The van der Waals surface area contributed by atoms with Gasteiger partial charge in [0.05, 0.1) is 17.9 Å². The van der Waals surface area contributed by atoms with Crippen LogP contribution in [-0.2, 0) is 9.59 Å². The molecular formula is C27H32N6O2. The van der Waals surface area contributed by atoms with Gasteiger partial charge in [0.1, 0.15) is 6.04 Å². The SMILES string of the molecule is Cc1nn(-c2ccccc2)c(C)c1C1C(=O)NCCN1CC(=O)N1CCN(c2ccccc2)CC1. The Bertz CT molecular complexity index is 1190. The van der Waals surface area contributed by atoms with Crippen molar-refractivity contribution < 1.29 is 9.59 Å². The second-order valence-corrected chi connectivity index (χ2v) is 9.20. The second kappa shape index (κ2) is 9.92. The van der Waals surface area contributed by atoms with E-state index in [1.54, 1.807) is 0 Å². The number of aromatic nitrogens is 2. The number of para-hydroxylation sites is 2. The smallest absolute Gasteiger partial charge is 0.242 e. The molecule has 1 aromatic heterocycles. The highest BCUT2D eigenvalue weighted by molar-refractivity contribution is 5.86. The lowest BCUT2D eigenvalue weighted by atomic mass is 10.00. The van der Waals surface area contributed by atoms with E-state index in [4.69, 9.17) is 5.10 Å². The van der Waals surface area contributed by atoms with Crippen LogP contribution >= 0.6 is 0 Å². The average molecular weight is 473 g/mol. The molecule has 8 heteroatoms. The molecule has 0 saturated carbocycles. The lowest BCUT2D eigenvalue weighted by Gasteiger charge is -2.39. The van der Waals surface area contributed by atoms with Crippen molar-refractivity contribution in [2.45, 2.75) is 19.9 Å². The van der Waals surface area contributed by atoms with Crippen LogP contribution in [0.1, 0.15) is 23.0 Å². The van der Waals surface area contributed by atoms with Crippen LogP contribution in [0.25, 0.3) is 5.69 Å². The zero-order valence-corrected chi connectivity index (χ0v) is 20.4. The lowest BCUT2D eigenvalue weighted by Crippen LogP contribution is -2.55. The molecule has 2 amide bonds. The fourth-order valence-corrected chi connectivity index (χ4v) is 5.20. The van der Waals surface area contributed by atoms with E-state index in [0.29, 0.717) is 26.2 Å². The number of nitrogens with zero attached hydrogens (tertiary/aromatic N) is 5. The molecule has 8 nitrogen and oxygen atoms in total. The average Bonchev–Trinajstić information content (AvgIpc) is 3.19. The van der Waals surface area contributed by atoms with Gasteiger partial charge in [0.2, 0.25) is 11.8 Å². The monoisotopic (exact) mass is 472 g/mol. The number of hydrogen-bond donors (Lipinski definition) is 1. The summed E-state index contributed by atoms with van der Waals surface area (Å²) in [6.45, 7) is 8.30. The summed E-state index contributed by atoms with van der Waals surface area (Å²) in [5.41, 5.74) is 4.75. The second-order valence-electron chi connectivity index (χ2n) is 9.20. The van der Waals surface area contributed by atoms with E-state index in [1.165, 1.54) is 5.69 Å². The molecule has 2 aliphatic heterocycles. The van der Waals surface area contributed by atoms with E-state index < -0.39 is 6.04 Å². The summed E-state index contributed by atoms with van der Waals surface area (Å²) in [5.74, 6) is -0.0000670. The highest BCUT2D eigenvalue weighted by atomic mass is 16.2. The van der Waals surface area contributed by atoms with Gasteiger partial charge in [-0.2, -0.15) is 5.10 Å². The van der Waals surface area contributed by atoms with E-state index >= 15 is 0 Å². The molecule has 1 atom stereocenters. The van der Waals surface area contributed by atoms with Gasteiger partial charge in [0.25, 0.3) is 0 Å². The predicted molar refractivity (Wildman–Crippen MR) is 136 cm³/mol. The maximum atomic E-state index is 13.3. The first-order chi connectivity index (χ1) is 17.0. The van der Waals surface area contributed by atoms with Gasteiger partial charge in [0, 0.05) is 56.2 Å². The normalized spacial score (nSPS) is 19.0. The maximum Gasteiger partial charge on any atom is 0.242 e. The number of hydrogen-bond acceptors (Lipinski definition) is 5. The van der Waals surface area contributed by atoms with Gasteiger partial charge >= 0.3 is 0 Å². The topological polar surface area (TPSA) is 73.7 Å². The van der Waals surface area contributed by atoms with Gasteiger partial charge in [-0.3, -0.25) is 14.5 Å². The summed E-state index contributed by atoms with van der Waals surface area (Å²) in [5, 5.41) is 7.73. The minimum atomic E-state index is -0.532. The summed E-state index contributed by atoms with van der Waals surface area (Å²) in [6, 6.07) is 19.7. The van der Waals surface area contributed by atoms with Crippen molar-refractivity contribution in [2.24, 2.45) is 0 Å². The first-order valence-electron chi connectivity index (χ1n) is 12.2. The third kappa shape index (κ3) is 4.66. The minimum absolute atomic E-state index is 0.0724. The van der Waals surface area contributed by atoms with Crippen molar-refractivity contribution in [1.82, 2.24) is 24.9 Å². The lowest BCUT2D eigenvalue weighted by molar-refractivity contribution is -0.137. The van der Waals surface area contributed by atoms with Crippen LogP contribution in [-0.4, -0.2) is 77.2 Å². The fraction of sp³-hybridized carbons (Fsp3) is 0.370. The van der Waals surface area contributed by atoms with E-state index in [9.17, 15) is 9.59 Å². The molecule has 3 heterocycles. The number of carbonyl (C=O) groups is 2. The molecule has 2 saturated heterocycles. The van der Waals surface area contributed by atoms with Crippen molar-refractivity contribution in [3.8, 4) is 5.69 Å². The number of nitrogens with one attached hydrogen (secondary N) is 1. The summed E-state index contributed by atoms with van der Waals surface area (Å²) in [4.78, 5) is 32.6. The van der Waals surface area contributed by atoms with Gasteiger partial charge in [-0.25, -0.2) is 4.68 Å². The number of benzene rings is 2. The highest BCUT2D eigenvalue weighted by Crippen LogP contribution is 2.30. The first kappa shape index (κ1) is 23.1. The Morgan fingerprint density at radius 1 is 0.914 bits per heavy atom. The number of aryl methyl sites for hydroxylation is 1. The highest BCUT2D eigenvalue weighted by Gasteiger charge is 2.37. The quantitative estimate of drug-likeness (QED) is 0.617. The van der Waals surface area contributed by atoms with Crippen LogP contribution in [0.4, 0.5) is 5.69 Å². The molecule has 0 aliphatic carbocycles. The van der Waals surface area contributed by atoms with Crippen molar-refractivity contribution in [3.05, 3.63) is 77.6 Å². The first-order valence-corrected chi connectivity index (χ1v) is 12.2. The van der Waals surface area contributed by atoms with Gasteiger partial charge < -0.3 is 15.1 Å². The number of carbonyl (C=O) groups excluding carboxylic acids is 2. The molecule has 35 heavy (non-hydrogen) atoms. The zero-order chi connectivity index (χ0) is 24.4. The Kier molecular flexibility index (Phi) is 6.55. The molecule has 1 unspecified atom stereocenters. The largest absolute Gasteiger partial charge is 0.368 e. The van der Waals surface area contributed by atoms with Gasteiger partial charge in [-0.05, 0) is 38.1 Å². The number of piperazine rings is 2. The summed E-state index contributed by atoms with van der Waals surface area (Å²) < 4.78 is 1.88. The van der Waals surface area contributed by atoms with Crippen LogP contribution in [0.2, 0.25) is 0 Å². The standard InChI is InChI=1S/C27H32N6O2/c1-20-25(21(2)33(29-20)23-11-7-4-8-12-23)26-27(35)28-13-14-32(26)19-24(34)31-17-15-30(16-18-31)22-9-5-3-6-10-22/h3-12,26H,13-19H2,1-2H3,(H,28,35). The minimum Gasteiger partial charge on any atom is -0.368 e. The van der Waals surface area contributed by atoms with Crippen LogP contribution in [0, 0.1) is 13.8 Å². The number of rotatable bonds is 5. The van der Waals surface area contributed by atoms with E-state index in [1.807, 2.05) is 76.9 Å². The zero-order valence-electron chi connectivity index (χ0n) is 20.4. The van der Waals surface area contributed by atoms with Gasteiger partial charge in [-0.1, -0.05) is 36.4 Å². The Morgan fingerprint density at radius 3 is 2.20 bits per heavy atom. The molecule has 1 N–H and O–H groups in total. The Labute approximate surface area is 206 Å². The van der Waals surface area contributed by atoms with E-state index in [-0.39, 0.29) is 18.4 Å². The summed E-state index contributed by atoms with van der Waals surface area (Å²) in [7, 11) is 0. The molecule has 182 valence electrons. The van der Waals surface area contributed by atoms with Crippen LogP contribution in [0.15, 0.2) is 60.7 Å².